The van der Waals surface area contributed by atoms with Crippen molar-refractivity contribution < 1.29 is 13.2 Å². The van der Waals surface area contributed by atoms with E-state index in [1.807, 2.05) is 38.1 Å². The van der Waals surface area contributed by atoms with E-state index in [4.69, 9.17) is 4.74 Å². The molecule has 0 spiro atoms. The van der Waals surface area contributed by atoms with Gasteiger partial charge in [0, 0.05) is 19.7 Å². The van der Waals surface area contributed by atoms with Crippen LogP contribution in [0.3, 0.4) is 0 Å². The standard InChI is InChI=1S/C16H25NO3S/c1-3-20-12-16-8-5-9-17(11-16)21(18,19)13-15-7-4-6-14(2)10-15/h4,6-7,10,16H,3,5,8-9,11-13H2,1-2H3. The van der Waals surface area contributed by atoms with Gasteiger partial charge in [0.2, 0.25) is 10.0 Å². The monoisotopic (exact) mass is 311 g/mol. The summed E-state index contributed by atoms with van der Waals surface area (Å²) in [6.45, 7) is 6.52. The van der Waals surface area contributed by atoms with E-state index >= 15 is 0 Å². The number of hydrogen-bond donors (Lipinski definition) is 0. The van der Waals surface area contributed by atoms with Crippen LogP contribution in [0, 0.1) is 12.8 Å². The highest BCUT2D eigenvalue weighted by molar-refractivity contribution is 7.88. The second-order valence-electron chi connectivity index (χ2n) is 5.77. The summed E-state index contributed by atoms with van der Waals surface area (Å²) in [7, 11) is -3.23. The van der Waals surface area contributed by atoms with Gasteiger partial charge in [-0.1, -0.05) is 29.8 Å². The van der Waals surface area contributed by atoms with Crippen molar-refractivity contribution in [3.8, 4) is 0 Å². The molecule has 5 heteroatoms. The Bertz CT molecular complexity index is 556. The van der Waals surface area contributed by atoms with Crippen molar-refractivity contribution in [1.82, 2.24) is 4.31 Å². The number of rotatable bonds is 6. The summed E-state index contributed by atoms with van der Waals surface area (Å²) in [6.07, 6.45) is 1.97. The summed E-state index contributed by atoms with van der Waals surface area (Å²) in [5.74, 6) is 0.418. The smallest absolute Gasteiger partial charge is 0.218 e. The van der Waals surface area contributed by atoms with Gasteiger partial charge in [0.05, 0.1) is 12.4 Å². The molecule has 1 unspecified atom stereocenters. The Hall–Kier alpha value is -0.910. The Morgan fingerprint density at radius 3 is 2.90 bits per heavy atom. The molecule has 1 aromatic carbocycles. The second kappa shape index (κ2) is 7.38. The first-order valence-electron chi connectivity index (χ1n) is 7.62. The van der Waals surface area contributed by atoms with Gasteiger partial charge in [-0.25, -0.2) is 12.7 Å². The summed E-state index contributed by atoms with van der Waals surface area (Å²) >= 11 is 0. The van der Waals surface area contributed by atoms with Crippen molar-refractivity contribution in [2.45, 2.75) is 32.4 Å². The number of nitrogens with zero attached hydrogens (tertiary/aromatic N) is 1. The van der Waals surface area contributed by atoms with Gasteiger partial charge in [0.1, 0.15) is 0 Å². The fourth-order valence-corrected chi connectivity index (χ4v) is 4.43. The SMILES string of the molecule is CCOCC1CCCN(S(=O)(=O)Cc2cccc(C)c2)C1. The molecule has 0 saturated carbocycles. The van der Waals surface area contributed by atoms with E-state index in [1.54, 1.807) is 4.31 Å². The lowest BCUT2D eigenvalue weighted by Crippen LogP contribution is -2.41. The number of sulfonamides is 1. The first-order chi connectivity index (χ1) is 10.0. The van der Waals surface area contributed by atoms with Crippen molar-refractivity contribution in [2.75, 3.05) is 26.3 Å². The van der Waals surface area contributed by atoms with E-state index in [0.29, 0.717) is 32.2 Å². The van der Waals surface area contributed by atoms with E-state index in [1.165, 1.54) is 0 Å². The molecule has 0 amide bonds. The Kier molecular flexibility index (Phi) is 5.79. The number of hydrogen-bond acceptors (Lipinski definition) is 3. The molecule has 1 fully saturated rings. The molecule has 0 aliphatic carbocycles. The maximum Gasteiger partial charge on any atom is 0.218 e. The normalized spacial score (nSPS) is 20.6. The van der Waals surface area contributed by atoms with Crippen LogP contribution in [0.15, 0.2) is 24.3 Å². The van der Waals surface area contributed by atoms with Gasteiger partial charge < -0.3 is 4.74 Å². The molecule has 21 heavy (non-hydrogen) atoms. The third-order valence-corrected chi connectivity index (χ3v) is 5.68. The molecule has 0 radical (unpaired) electrons. The molecular weight excluding hydrogens is 286 g/mol. The molecule has 4 nitrogen and oxygen atoms in total. The van der Waals surface area contributed by atoms with Crippen LogP contribution in [0.1, 0.15) is 30.9 Å². The lowest BCUT2D eigenvalue weighted by atomic mass is 10.0. The van der Waals surface area contributed by atoms with Crippen LogP contribution < -0.4 is 0 Å². The van der Waals surface area contributed by atoms with Gasteiger partial charge in [-0.05, 0) is 38.2 Å². The first-order valence-corrected chi connectivity index (χ1v) is 9.23. The van der Waals surface area contributed by atoms with Crippen LogP contribution in [-0.4, -0.2) is 39.0 Å². The minimum Gasteiger partial charge on any atom is -0.381 e. The van der Waals surface area contributed by atoms with Crippen LogP contribution in [0.5, 0.6) is 0 Å². The molecule has 1 atom stereocenters. The van der Waals surface area contributed by atoms with E-state index in [-0.39, 0.29) is 5.75 Å². The summed E-state index contributed by atoms with van der Waals surface area (Å²) in [5.41, 5.74) is 1.96. The second-order valence-corrected chi connectivity index (χ2v) is 7.74. The average Bonchev–Trinajstić information content (AvgIpc) is 2.45. The third kappa shape index (κ3) is 4.80. The van der Waals surface area contributed by atoms with E-state index in [9.17, 15) is 8.42 Å². The number of ether oxygens (including phenoxy) is 1. The Morgan fingerprint density at radius 1 is 1.38 bits per heavy atom. The summed E-state index contributed by atoms with van der Waals surface area (Å²) in [6, 6.07) is 7.72. The minimum atomic E-state index is -3.23. The predicted molar refractivity (Wildman–Crippen MR) is 84.6 cm³/mol. The highest BCUT2D eigenvalue weighted by atomic mass is 32.2. The molecule has 0 N–H and O–H groups in total. The number of aryl methyl sites for hydroxylation is 1. The van der Waals surface area contributed by atoms with E-state index < -0.39 is 10.0 Å². The van der Waals surface area contributed by atoms with E-state index in [2.05, 4.69) is 0 Å². The lowest BCUT2D eigenvalue weighted by Gasteiger charge is -2.31. The average molecular weight is 311 g/mol. The first kappa shape index (κ1) is 16.5. The molecule has 1 aromatic rings. The Balaban J connectivity index is 2.01. The molecule has 0 aromatic heterocycles. The van der Waals surface area contributed by atoms with Gasteiger partial charge in [0.15, 0.2) is 0 Å². The largest absolute Gasteiger partial charge is 0.381 e. The molecule has 1 saturated heterocycles. The van der Waals surface area contributed by atoms with Crippen molar-refractivity contribution in [2.24, 2.45) is 5.92 Å². The Morgan fingerprint density at radius 2 is 2.19 bits per heavy atom. The molecule has 1 heterocycles. The molecular formula is C16H25NO3S. The summed E-state index contributed by atoms with van der Waals surface area (Å²) in [4.78, 5) is 0. The zero-order valence-electron chi connectivity index (χ0n) is 12.9. The Labute approximate surface area is 128 Å². The van der Waals surface area contributed by atoms with Gasteiger partial charge >= 0.3 is 0 Å². The fourth-order valence-electron chi connectivity index (χ4n) is 2.80. The van der Waals surface area contributed by atoms with Gasteiger partial charge in [-0.15, -0.1) is 0 Å². The predicted octanol–water partition coefficient (Wildman–Crippen LogP) is 2.57. The maximum absolute atomic E-state index is 12.6. The van der Waals surface area contributed by atoms with Gasteiger partial charge in [-0.3, -0.25) is 0 Å². The highest BCUT2D eigenvalue weighted by Crippen LogP contribution is 2.22. The maximum atomic E-state index is 12.6. The van der Waals surface area contributed by atoms with Crippen LogP contribution in [0.25, 0.3) is 0 Å². The van der Waals surface area contributed by atoms with Crippen molar-refractivity contribution in [3.63, 3.8) is 0 Å². The van der Waals surface area contributed by atoms with E-state index in [0.717, 1.165) is 24.0 Å². The zero-order valence-corrected chi connectivity index (χ0v) is 13.7. The van der Waals surface area contributed by atoms with Crippen LogP contribution in [0.4, 0.5) is 0 Å². The quantitative estimate of drug-likeness (QED) is 0.811. The topological polar surface area (TPSA) is 46.6 Å². The minimum absolute atomic E-state index is 0.0933. The molecule has 2 rings (SSSR count). The van der Waals surface area contributed by atoms with Gasteiger partial charge in [0.25, 0.3) is 0 Å². The molecule has 118 valence electrons. The van der Waals surface area contributed by atoms with Crippen molar-refractivity contribution >= 4 is 10.0 Å². The van der Waals surface area contributed by atoms with Crippen LogP contribution >= 0.6 is 0 Å². The summed E-state index contributed by atoms with van der Waals surface area (Å²) < 4.78 is 32.2. The molecule has 1 aliphatic heterocycles. The number of piperidine rings is 1. The highest BCUT2D eigenvalue weighted by Gasteiger charge is 2.29. The van der Waals surface area contributed by atoms with Crippen molar-refractivity contribution in [1.29, 1.82) is 0 Å². The summed E-state index contributed by atoms with van der Waals surface area (Å²) in [5, 5.41) is 0. The third-order valence-electron chi connectivity index (χ3n) is 3.86. The lowest BCUT2D eigenvalue weighted by molar-refractivity contribution is 0.0864. The molecule has 1 aliphatic rings. The molecule has 0 bridgehead atoms. The van der Waals surface area contributed by atoms with Crippen molar-refractivity contribution in [3.05, 3.63) is 35.4 Å². The van der Waals surface area contributed by atoms with Crippen LogP contribution in [0.2, 0.25) is 0 Å². The zero-order chi connectivity index (χ0) is 15.3. The fraction of sp³-hybridized carbons (Fsp3) is 0.625. The number of benzene rings is 1. The van der Waals surface area contributed by atoms with Crippen LogP contribution in [-0.2, 0) is 20.5 Å². The van der Waals surface area contributed by atoms with Gasteiger partial charge in [-0.2, -0.15) is 0 Å².